The highest BCUT2D eigenvalue weighted by Crippen LogP contribution is 2.42. The van der Waals surface area contributed by atoms with E-state index in [1.807, 2.05) is 63.2 Å². The normalized spacial score (nSPS) is 14.5. The van der Waals surface area contributed by atoms with Gasteiger partial charge in [-0.3, -0.25) is 19.2 Å². The third-order valence-corrected chi connectivity index (χ3v) is 6.71. The van der Waals surface area contributed by atoms with Gasteiger partial charge in [0.2, 0.25) is 5.91 Å². The zero-order valence-electron chi connectivity index (χ0n) is 22.9. The van der Waals surface area contributed by atoms with E-state index in [4.69, 9.17) is 4.74 Å². The lowest BCUT2D eigenvalue weighted by atomic mass is 10.0. The van der Waals surface area contributed by atoms with Crippen molar-refractivity contribution in [3.63, 3.8) is 0 Å². The molecule has 3 amide bonds. The third kappa shape index (κ3) is 5.85. The van der Waals surface area contributed by atoms with E-state index in [1.165, 1.54) is 6.08 Å². The maximum atomic E-state index is 13.5. The number of hydrogen-bond donors (Lipinski definition) is 2. The minimum Gasteiger partial charge on any atom is -0.440 e. The number of fused-ring (bicyclic) bond motifs is 1. The number of nitrogens with one attached hydrogen (secondary N) is 2. The van der Waals surface area contributed by atoms with E-state index < -0.39 is 17.7 Å². The Kier molecular flexibility index (Phi) is 7.87. The molecule has 0 spiro atoms. The number of likely N-dealkylation sites (N-methyl/N-ethyl adjacent to an activating group) is 1. The number of nitrogens with zero attached hydrogens (tertiary/aromatic N) is 4. The number of carbonyl (C=O) groups excluding carboxylic acids is 3. The molecular formula is C29H34N6O4. The van der Waals surface area contributed by atoms with Crippen molar-refractivity contribution in [2.45, 2.75) is 32.0 Å². The van der Waals surface area contributed by atoms with Crippen molar-refractivity contribution in [2.24, 2.45) is 7.05 Å². The van der Waals surface area contributed by atoms with Crippen LogP contribution in [-0.2, 0) is 28.7 Å². The molecule has 0 aliphatic carbocycles. The lowest BCUT2D eigenvalue weighted by Crippen LogP contribution is -2.42. The number of carbonyl (C=O) groups is 3. The smallest absolute Gasteiger partial charge is 0.411 e. The Morgan fingerprint density at radius 3 is 2.38 bits per heavy atom. The molecule has 0 bridgehead atoms. The molecule has 3 aromatic rings. The summed E-state index contributed by atoms with van der Waals surface area (Å²) in [5.41, 5.74) is 2.72. The second-order valence-corrected chi connectivity index (χ2v) is 10.2. The minimum atomic E-state index is -0.721. The van der Waals surface area contributed by atoms with E-state index in [-0.39, 0.29) is 18.4 Å². The van der Waals surface area contributed by atoms with Gasteiger partial charge in [-0.25, -0.2) is 4.79 Å². The lowest BCUT2D eigenvalue weighted by Gasteiger charge is -2.33. The van der Waals surface area contributed by atoms with Crippen LogP contribution in [0.3, 0.4) is 0 Å². The maximum absolute atomic E-state index is 13.5. The van der Waals surface area contributed by atoms with Crippen molar-refractivity contribution >= 4 is 29.4 Å². The van der Waals surface area contributed by atoms with Gasteiger partial charge in [0.1, 0.15) is 6.10 Å². The topological polar surface area (TPSA) is 109 Å². The SMILES string of the molecule is C=CC(=O)Nc1ccc(C(=O)Nc2nn(C)c3c2CN(C(=O)O[C@H](CN(C)C)c2ccccc2)C3(C)C)cc1. The van der Waals surface area contributed by atoms with E-state index in [0.29, 0.717) is 23.6 Å². The van der Waals surface area contributed by atoms with Gasteiger partial charge >= 0.3 is 6.09 Å². The molecule has 0 radical (unpaired) electrons. The van der Waals surface area contributed by atoms with E-state index in [9.17, 15) is 14.4 Å². The number of aromatic nitrogens is 2. The van der Waals surface area contributed by atoms with Crippen LogP contribution in [0, 0.1) is 0 Å². The summed E-state index contributed by atoms with van der Waals surface area (Å²) in [6, 6.07) is 16.2. The van der Waals surface area contributed by atoms with E-state index in [1.54, 1.807) is 40.9 Å². The molecule has 0 saturated carbocycles. The van der Waals surface area contributed by atoms with Crippen molar-refractivity contribution in [1.82, 2.24) is 19.6 Å². The molecule has 10 nitrogen and oxygen atoms in total. The first-order valence-electron chi connectivity index (χ1n) is 12.6. The summed E-state index contributed by atoms with van der Waals surface area (Å²) in [5, 5.41) is 10.1. The predicted octanol–water partition coefficient (Wildman–Crippen LogP) is 4.29. The first-order valence-corrected chi connectivity index (χ1v) is 12.6. The van der Waals surface area contributed by atoms with Crippen LogP contribution in [0.15, 0.2) is 67.3 Å². The van der Waals surface area contributed by atoms with Gasteiger partial charge < -0.3 is 20.3 Å². The summed E-state index contributed by atoms with van der Waals surface area (Å²) < 4.78 is 7.73. The zero-order valence-corrected chi connectivity index (χ0v) is 22.9. The Hall–Kier alpha value is -4.44. The number of aryl methyl sites for hydroxylation is 1. The van der Waals surface area contributed by atoms with Gasteiger partial charge in [0.05, 0.1) is 17.8 Å². The Morgan fingerprint density at radius 1 is 1.10 bits per heavy atom. The van der Waals surface area contributed by atoms with Crippen LogP contribution in [0.25, 0.3) is 0 Å². The van der Waals surface area contributed by atoms with Gasteiger partial charge in [-0.2, -0.15) is 5.10 Å². The van der Waals surface area contributed by atoms with E-state index >= 15 is 0 Å². The molecule has 204 valence electrons. The molecule has 10 heteroatoms. The Labute approximate surface area is 228 Å². The molecule has 0 saturated heterocycles. The number of hydrogen-bond acceptors (Lipinski definition) is 6. The average Bonchev–Trinajstić information content (AvgIpc) is 3.37. The van der Waals surface area contributed by atoms with Crippen LogP contribution in [0.5, 0.6) is 0 Å². The van der Waals surface area contributed by atoms with Crippen molar-refractivity contribution in [1.29, 1.82) is 0 Å². The van der Waals surface area contributed by atoms with E-state index in [0.717, 1.165) is 16.8 Å². The minimum absolute atomic E-state index is 0.237. The van der Waals surface area contributed by atoms with Crippen LogP contribution in [0.4, 0.5) is 16.3 Å². The number of ether oxygens (including phenoxy) is 1. The highest BCUT2D eigenvalue weighted by atomic mass is 16.6. The van der Waals surface area contributed by atoms with Crippen molar-refractivity contribution < 1.29 is 19.1 Å². The molecule has 1 atom stereocenters. The quantitative estimate of drug-likeness (QED) is 0.421. The molecule has 1 aromatic heterocycles. The highest BCUT2D eigenvalue weighted by Gasteiger charge is 2.46. The molecule has 2 heterocycles. The maximum Gasteiger partial charge on any atom is 0.411 e. The second-order valence-electron chi connectivity index (χ2n) is 10.2. The van der Waals surface area contributed by atoms with Gasteiger partial charge in [-0.05, 0) is 63.8 Å². The molecule has 0 fully saturated rings. The van der Waals surface area contributed by atoms with Crippen molar-refractivity contribution in [3.8, 4) is 0 Å². The van der Waals surface area contributed by atoms with Crippen molar-refractivity contribution in [3.05, 3.63) is 89.6 Å². The molecule has 2 aromatic carbocycles. The first kappa shape index (κ1) is 27.6. The Balaban J connectivity index is 1.52. The largest absolute Gasteiger partial charge is 0.440 e. The third-order valence-electron chi connectivity index (χ3n) is 6.71. The predicted molar refractivity (Wildman–Crippen MR) is 149 cm³/mol. The molecule has 2 N–H and O–H groups in total. The summed E-state index contributed by atoms with van der Waals surface area (Å²) in [7, 11) is 5.66. The van der Waals surface area contributed by atoms with Gasteiger partial charge in [0, 0.05) is 30.4 Å². The average molecular weight is 531 g/mol. The van der Waals surface area contributed by atoms with Crippen LogP contribution < -0.4 is 10.6 Å². The van der Waals surface area contributed by atoms with Gasteiger partial charge in [-0.15, -0.1) is 0 Å². The van der Waals surface area contributed by atoms with Crippen LogP contribution in [-0.4, -0.2) is 58.1 Å². The van der Waals surface area contributed by atoms with Crippen LogP contribution in [0.1, 0.15) is 47.1 Å². The Bertz CT molecular complexity index is 1380. The number of rotatable bonds is 8. The molecular weight excluding hydrogens is 496 g/mol. The molecule has 1 aliphatic rings. The Morgan fingerprint density at radius 2 is 1.77 bits per heavy atom. The molecule has 1 aliphatic heterocycles. The molecule has 39 heavy (non-hydrogen) atoms. The summed E-state index contributed by atoms with van der Waals surface area (Å²) in [6.07, 6.45) is 0.290. The highest BCUT2D eigenvalue weighted by molar-refractivity contribution is 6.05. The summed E-state index contributed by atoms with van der Waals surface area (Å²) in [5.74, 6) is -0.303. The molecule has 4 rings (SSSR count). The van der Waals surface area contributed by atoms with Gasteiger partial charge in [-0.1, -0.05) is 36.9 Å². The fraction of sp³-hybridized carbons (Fsp3) is 0.310. The van der Waals surface area contributed by atoms with E-state index in [2.05, 4.69) is 22.3 Å². The zero-order chi connectivity index (χ0) is 28.3. The number of anilines is 2. The molecule has 0 unspecified atom stereocenters. The van der Waals surface area contributed by atoms with Crippen molar-refractivity contribution in [2.75, 3.05) is 31.3 Å². The monoisotopic (exact) mass is 530 g/mol. The lowest BCUT2D eigenvalue weighted by molar-refractivity contribution is -0.111. The summed E-state index contributed by atoms with van der Waals surface area (Å²) in [4.78, 5) is 41.7. The number of amides is 3. The van der Waals surface area contributed by atoms with Gasteiger partial charge in [0.15, 0.2) is 5.82 Å². The number of benzene rings is 2. The standard InChI is InChI=1S/C29H34N6O4/c1-7-24(36)30-21-15-13-20(14-16-21)27(37)31-26-22-17-35(29(2,3)25(22)34(6)32-26)28(38)39-23(18-33(4)5)19-11-9-8-10-12-19/h7-16,23H,1,17-18H2,2-6H3,(H,30,36)(H,31,32,37)/t23-/m1/s1. The van der Waals surface area contributed by atoms with Crippen LogP contribution >= 0.6 is 0 Å². The summed E-state index contributed by atoms with van der Waals surface area (Å²) >= 11 is 0. The van der Waals surface area contributed by atoms with Gasteiger partial charge in [0.25, 0.3) is 5.91 Å². The first-order chi connectivity index (χ1) is 18.5. The van der Waals surface area contributed by atoms with Crippen LogP contribution in [0.2, 0.25) is 0 Å². The second kappa shape index (κ2) is 11.1. The summed E-state index contributed by atoms with van der Waals surface area (Å²) in [6.45, 7) is 8.08. The fourth-order valence-electron chi connectivity index (χ4n) is 4.83. The fourth-order valence-corrected chi connectivity index (χ4v) is 4.83.